The van der Waals surface area contributed by atoms with Gasteiger partial charge in [-0.2, -0.15) is 0 Å². The van der Waals surface area contributed by atoms with E-state index in [1.54, 1.807) is 0 Å². The fraction of sp³-hybridized carbons (Fsp3) is 0.625. The molecule has 1 saturated carbocycles. The summed E-state index contributed by atoms with van der Waals surface area (Å²) >= 11 is 0. The van der Waals surface area contributed by atoms with E-state index in [-0.39, 0.29) is 5.54 Å². The van der Waals surface area contributed by atoms with Crippen LogP contribution < -0.4 is 5.32 Å². The van der Waals surface area contributed by atoms with E-state index in [9.17, 15) is 0 Å². The Kier molecular flexibility index (Phi) is 3.16. The number of rotatable bonds is 3. The van der Waals surface area contributed by atoms with Gasteiger partial charge in [0.05, 0.1) is 5.54 Å². The first-order valence-corrected chi connectivity index (χ1v) is 7.20. The molecule has 1 aromatic carbocycles. The maximum atomic E-state index is 3.70. The molecule has 18 heavy (non-hydrogen) atoms. The predicted octanol–water partition coefficient (Wildman–Crippen LogP) is 2.46. The molecule has 3 unspecified atom stereocenters. The summed E-state index contributed by atoms with van der Waals surface area (Å²) in [6.45, 7) is 9.46. The van der Waals surface area contributed by atoms with Gasteiger partial charge in [0, 0.05) is 26.2 Å². The van der Waals surface area contributed by atoms with E-state index in [2.05, 4.69) is 54.4 Å². The highest BCUT2D eigenvalue weighted by Crippen LogP contribution is 2.39. The lowest BCUT2D eigenvalue weighted by molar-refractivity contribution is 0.136. The Balaban J connectivity index is 1.69. The summed E-state index contributed by atoms with van der Waals surface area (Å²) in [6.07, 6.45) is 1.44. The highest BCUT2D eigenvalue weighted by atomic mass is 15.2. The molecule has 2 nitrogen and oxygen atoms in total. The number of nitrogens with zero attached hydrogens (tertiary/aromatic N) is 1. The van der Waals surface area contributed by atoms with Crippen LogP contribution in [-0.2, 0) is 5.54 Å². The Morgan fingerprint density at radius 3 is 2.72 bits per heavy atom. The number of hydrogen-bond donors (Lipinski definition) is 1. The third kappa shape index (κ3) is 2.45. The number of nitrogens with one attached hydrogen (secondary N) is 1. The SMILES string of the molecule is CC1CC1CN1CCNC(C)(c2ccccc2)C1. The lowest BCUT2D eigenvalue weighted by atomic mass is 9.89. The monoisotopic (exact) mass is 244 g/mol. The molecular weight excluding hydrogens is 220 g/mol. The van der Waals surface area contributed by atoms with E-state index in [1.807, 2.05) is 0 Å². The molecule has 1 aliphatic heterocycles. The molecular formula is C16H24N2. The molecule has 1 heterocycles. The average Bonchev–Trinajstić information content (AvgIpc) is 3.06. The normalized spacial score (nSPS) is 36.6. The number of benzene rings is 1. The van der Waals surface area contributed by atoms with Crippen LogP contribution >= 0.6 is 0 Å². The van der Waals surface area contributed by atoms with Crippen molar-refractivity contribution in [3.8, 4) is 0 Å². The van der Waals surface area contributed by atoms with Crippen LogP contribution in [0, 0.1) is 11.8 Å². The van der Waals surface area contributed by atoms with Crippen molar-refractivity contribution in [2.24, 2.45) is 11.8 Å². The molecule has 0 amide bonds. The summed E-state index contributed by atoms with van der Waals surface area (Å²) in [7, 11) is 0. The largest absolute Gasteiger partial charge is 0.305 e. The first-order valence-electron chi connectivity index (χ1n) is 7.20. The smallest absolute Gasteiger partial charge is 0.0535 e. The van der Waals surface area contributed by atoms with E-state index in [0.717, 1.165) is 24.9 Å². The van der Waals surface area contributed by atoms with Gasteiger partial charge in [-0.05, 0) is 30.7 Å². The Labute approximate surface area is 110 Å². The van der Waals surface area contributed by atoms with Gasteiger partial charge < -0.3 is 5.32 Å². The molecule has 2 heteroatoms. The van der Waals surface area contributed by atoms with Gasteiger partial charge in [-0.3, -0.25) is 4.90 Å². The Morgan fingerprint density at radius 2 is 2.06 bits per heavy atom. The zero-order valence-electron chi connectivity index (χ0n) is 11.5. The van der Waals surface area contributed by atoms with Gasteiger partial charge in [-0.15, -0.1) is 0 Å². The highest BCUT2D eigenvalue weighted by molar-refractivity contribution is 5.24. The molecule has 2 fully saturated rings. The topological polar surface area (TPSA) is 15.3 Å². The second-order valence-electron chi connectivity index (χ2n) is 6.33. The Morgan fingerprint density at radius 1 is 1.33 bits per heavy atom. The summed E-state index contributed by atoms with van der Waals surface area (Å²) in [5.74, 6) is 1.92. The lowest BCUT2D eigenvalue weighted by Gasteiger charge is -2.42. The zero-order valence-corrected chi connectivity index (χ0v) is 11.5. The van der Waals surface area contributed by atoms with Crippen molar-refractivity contribution in [2.75, 3.05) is 26.2 Å². The second kappa shape index (κ2) is 4.67. The van der Waals surface area contributed by atoms with Crippen molar-refractivity contribution in [1.82, 2.24) is 10.2 Å². The van der Waals surface area contributed by atoms with Gasteiger partial charge in [-0.25, -0.2) is 0 Å². The van der Waals surface area contributed by atoms with E-state index < -0.39 is 0 Å². The van der Waals surface area contributed by atoms with E-state index in [4.69, 9.17) is 0 Å². The van der Waals surface area contributed by atoms with Crippen LogP contribution in [0.15, 0.2) is 30.3 Å². The summed E-state index contributed by atoms with van der Waals surface area (Å²) in [5, 5.41) is 3.70. The third-order valence-electron chi connectivity index (χ3n) is 4.66. The fourth-order valence-corrected chi connectivity index (χ4v) is 3.21. The Bertz CT molecular complexity index is 403. The molecule has 1 N–H and O–H groups in total. The first kappa shape index (κ1) is 12.2. The molecule has 1 saturated heterocycles. The van der Waals surface area contributed by atoms with Crippen LogP contribution in [0.5, 0.6) is 0 Å². The number of piperazine rings is 1. The van der Waals surface area contributed by atoms with Crippen molar-refractivity contribution in [3.05, 3.63) is 35.9 Å². The van der Waals surface area contributed by atoms with Gasteiger partial charge in [0.1, 0.15) is 0 Å². The van der Waals surface area contributed by atoms with Crippen molar-refractivity contribution in [2.45, 2.75) is 25.8 Å². The summed E-state index contributed by atoms with van der Waals surface area (Å²) in [5.41, 5.74) is 1.54. The van der Waals surface area contributed by atoms with Crippen molar-refractivity contribution < 1.29 is 0 Å². The molecule has 98 valence electrons. The minimum Gasteiger partial charge on any atom is -0.305 e. The van der Waals surface area contributed by atoms with Crippen molar-refractivity contribution in [1.29, 1.82) is 0 Å². The fourth-order valence-electron chi connectivity index (χ4n) is 3.21. The van der Waals surface area contributed by atoms with Gasteiger partial charge >= 0.3 is 0 Å². The third-order valence-corrected chi connectivity index (χ3v) is 4.66. The molecule has 0 spiro atoms. The van der Waals surface area contributed by atoms with Crippen molar-refractivity contribution >= 4 is 0 Å². The van der Waals surface area contributed by atoms with Gasteiger partial charge in [0.25, 0.3) is 0 Å². The molecule has 3 rings (SSSR count). The maximum Gasteiger partial charge on any atom is 0.0535 e. The summed E-state index contributed by atoms with van der Waals surface area (Å²) < 4.78 is 0. The molecule has 2 aliphatic rings. The predicted molar refractivity (Wildman–Crippen MR) is 75.5 cm³/mol. The highest BCUT2D eigenvalue weighted by Gasteiger charge is 2.37. The van der Waals surface area contributed by atoms with Crippen LogP contribution in [0.2, 0.25) is 0 Å². The minimum absolute atomic E-state index is 0.123. The van der Waals surface area contributed by atoms with Gasteiger partial charge in [0.15, 0.2) is 0 Å². The van der Waals surface area contributed by atoms with Crippen LogP contribution in [0.1, 0.15) is 25.8 Å². The van der Waals surface area contributed by atoms with Crippen molar-refractivity contribution in [3.63, 3.8) is 0 Å². The van der Waals surface area contributed by atoms with Crippen LogP contribution in [-0.4, -0.2) is 31.1 Å². The Hall–Kier alpha value is -0.860. The van der Waals surface area contributed by atoms with Crippen LogP contribution in [0.25, 0.3) is 0 Å². The molecule has 1 aliphatic carbocycles. The van der Waals surface area contributed by atoms with E-state index >= 15 is 0 Å². The second-order valence-corrected chi connectivity index (χ2v) is 6.33. The lowest BCUT2D eigenvalue weighted by Crippen LogP contribution is -2.56. The molecule has 1 aromatic rings. The standard InChI is InChI=1S/C16H24N2/c1-13-10-14(13)11-18-9-8-17-16(2,12-18)15-6-4-3-5-7-15/h3-7,13-14,17H,8-12H2,1-2H3. The van der Waals surface area contributed by atoms with E-state index in [1.165, 1.54) is 25.1 Å². The zero-order chi connectivity index (χ0) is 12.6. The molecule has 0 radical (unpaired) electrons. The first-order chi connectivity index (χ1) is 8.67. The quantitative estimate of drug-likeness (QED) is 0.878. The summed E-state index contributed by atoms with van der Waals surface area (Å²) in [6, 6.07) is 10.9. The maximum absolute atomic E-state index is 3.70. The summed E-state index contributed by atoms with van der Waals surface area (Å²) in [4.78, 5) is 2.65. The van der Waals surface area contributed by atoms with Crippen LogP contribution in [0.3, 0.4) is 0 Å². The average molecular weight is 244 g/mol. The van der Waals surface area contributed by atoms with E-state index in [0.29, 0.717) is 0 Å². The van der Waals surface area contributed by atoms with Crippen LogP contribution in [0.4, 0.5) is 0 Å². The van der Waals surface area contributed by atoms with Gasteiger partial charge in [0.2, 0.25) is 0 Å². The minimum atomic E-state index is 0.123. The van der Waals surface area contributed by atoms with Gasteiger partial charge in [-0.1, -0.05) is 37.3 Å². The number of hydrogen-bond acceptors (Lipinski definition) is 2. The molecule has 3 atom stereocenters. The molecule has 0 aromatic heterocycles. The molecule has 0 bridgehead atoms.